The predicted octanol–water partition coefficient (Wildman–Crippen LogP) is 4.86. The van der Waals surface area contributed by atoms with E-state index >= 15 is 0 Å². The monoisotopic (exact) mass is 387 g/mol. The summed E-state index contributed by atoms with van der Waals surface area (Å²) in [5.41, 5.74) is 0.370. The van der Waals surface area contributed by atoms with Crippen molar-refractivity contribution in [2.75, 3.05) is 5.32 Å². The number of anilines is 1. The molecule has 1 saturated carbocycles. The normalized spacial score (nSPS) is 23.4. The molecule has 138 valence electrons. The van der Waals surface area contributed by atoms with Gasteiger partial charge in [0, 0.05) is 6.07 Å². The Morgan fingerprint density at radius 2 is 1.88 bits per heavy atom. The Morgan fingerprint density at radius 3 is 2.48 bits per heavy atom. The zero-order valence-electron chi connectivity index (χ0n) is 14.5. The van der Waals surface area contributed by atoms with Gasteiger partial charge in [-0.2, -0.15) is 0 Å². The van der Waals surface area contributed by atoms with Crippen LogP contribution >= 0.6 is 23.2 Å². The highest BCUT2D eigenvalue weighted by molar-refractivity contribution is 6.37. The lowest BCUT2D eigenvalue weighted by Crippen LogP contribution is -2.38. The van der Waals surface area contributed by atoms with Crippen molar-refractivity contribution in [1.82, 2.24) is 0 Å². The van der Waals surface area contributed by atoms with Crippen molar-refractivity contribution in [3.05, 3.63) is 22.2 Å². The van der Waals surface area contributed by atoms with Crippen LogP contribution in [0.25, 0.3) is 0 Å². The van der Waals surface area contributed by atoms with Gasteiger partial charge in [-0.15, -0.1) is 0 Å². The van der Waals surface area contributed by atoms with Crippen molar-refractivity contribution >= 4 is 40.8 Å². The van der Waals surface area contributed by atoms with Crippen LogP contribution in [0.3, 0.4) is 0 Å². The molecule has 3 atom stereocenters. The summed E-state index contributed by atoms with van der Waals surface area (Å²) in [5, 5.41) is 12.8. The second-order valence-corrected chi connectivity index (χ2v) is 7.70. The molecule has 1 aliphatic carbocycles. The van der Waals surface area contributed by atoms with E-state index in [9.17, 15) is 14.7 Å². The number of benzene rings is 1. The van der Waals surface area contributed by atoms with Gasteiger partial charge < -0.3 is 15.2 Å². The zero-order valence-corrected chi connectivity index (χ0v) is 16.0. The molecule has 1 fully saturated rings. The smallest absolute Gasteiger partial charge is 0.307 e. The zero-order chi connectivity index (χ0) is 18.7. The van der Waals surface area contributed by atoms with Crippen LogP contribution < -0.4 is 10.1 Å². The van der Waals surface area contributed by atoms with E-state index in [1.54, 1.807) is 6.07 Å². The molecule has 0 bridgehead atoms. The van der Waals surface area contributed by atoms with Crippen LogP contribution in [0.5, 0.6) is 5.75 Å². The van der Waals surface area contributed by atoms with Gasteiger partial charge in [0.2, 0.25) is 5.91 Å². The Hall–Kier alpha value is -1.46. The number of halogens is 2. The molecule has 0 radical (unpaired) electrons. The maximum atomic E-state index is 12.7. The molecular formula is C18H23Cl2NO4. The Balaban J connectivity index is 2.20. The molecule has 0 saturated heterocycles. The lowest BCUT2D eigenvalue weighted by molar-refractivity contribution is -0.148. The molecule has 1 aromatic rings. The lowest BCUT2D eigenvalue weighted by Gasteiger charge is -2.31. The molecule has 7 heteroatoms. The van der Waals surface area contributed by atoms with Crippen molar-refractivity contribution in [3.63, 3.8) is 0 Å². The quantitative estimate of drug-likeness (QED) is 0.756. The van der Waals surface area contributed by atoms with Crippen LogP contribution in [0.1, 0.15) is 40.0 Å². The van der Waals surface area contributed by atoms with E-state index < -0.39 is 17.8 Å². The number of hydrogen-bond donors (Lipinski definition) is 2. The summed E-state index contributed by atoms with van der Waals surface area (Å²) in [5.74, 6) is -1.80. The summed E-state index contributed by atoms with van der Waals surface area (Å²) >= 11 is 12.3. The summed E-state index contributed by atoms with van der Waals surface area (Å²) in [7, 11) is 0. The number of aliphatic carboxylic acids is 1. The van der Waals surface area contributed by atoms with Crippen molar-refractivity contribution in [1.29, 1.82) is 0 Å². The van der Waals surface area contributed by atoms with Crippen molar-refractivity contribution in [2.24, 2.45) is 17.8 Å². The van der Waals surface area contributed by atoms with Gasteiger partial charge in [-0.05, 0) is 45.1 Å². The number of ether oxygens (including phenoxy) is 1. The van der Waals surface area contributed by atoms with Gasteiger partial charge >= 0.3 is 5.97 Å². The Kier molecular flexibility index (Phi) is 6.58. The van der Waals surface area contributed by atoms with E-state index in [-0.39, 0.29) is 17.0 Å². The highest BCUT2D eigenvalue weighted by atomic mass is 35.5. The van der Waals surface area contributed by atoms with Gasteiger partial charge in [0.15, 0.2) is 0 Å². The van der Waals surface area contributed by atoms with Crippen LogP contribution in [0.4, 0.5) is 5.69 Å². The molecular weight excluding hydrogens is 365 g/mol. The fourth-order valence-corrected chi connectivity index (χ4v) is 3.64. The molecule has 5 nitrogen and oxygen atoms in total. The van der Waals surface area contributed by atoms with E-state index in [0.717, 1.165) is 6.42 Å². The maximum absolute atomic E-state index is 12.7. The van der Waals surface area contributed by atoms with E-state index in [2.05, 4.69) is 5.32 Å². The predicted molar refractivity (Wildman–Crippen MR) is 98.5 cm³/mol. The number of nitrogens with one attached hydrogen (secondary N) is 1. The van der Waals surface area contributed by atoms with Gasteiger partial charge in [-0.1, -0.05) is 30.1 Å². The Morgan fingerprint density at radius 1 is 1.20 bits per heavy atom. The first-order chi connectivity index (χ1) is 11.7. The number of hydrogen-bond acceptors (Lipinski definition) is 3. The van der Waals surface area contributed by atoms with E-state index in [4.69, 9.17) is 27.9 Å². The minimum absolute atomic E-state index is 0.0848. The number of carboxylic acids is 1. The minimum atomic E-state index is -0.933. The Labute approximate surface area is 157 Å². The second kappa shape index (κ2) is 8.28. The van der Waals surface area contributed by atoms with Crippen LogP contribution in [0, 0.1) is 17.8 Å². The first-order valence-electron chi connectivity index (χ1n) is 8.38. The summed E-state index contributed by atoms with van der Waals surface area (Å²) in [6.07, 6.45) is 1.80. The molecule has 3 unspecified atom stereocenters. The van der Waals surface area contributed by atoms with Crippen molar-refractivity contribution in [2.45, 2.75) is 46.1 Å². The number of carbonyl (C=O) groups is 2. The molecule has 0 aliphatic heterocycles. The van der Waals surface area contributed by atoms with Crippen LogP contribution in [0.2, 0.25) is 10.0 Å². The number of rotatable bonds is 5. The van der Waals surface area contributed by atoms with Gasteiger partial charge in [-0.25, -0.2) is 0 Å². The molecule has 2 N–H and O–H groups in total. The summed E-state index contributed by atoms with van der Waals surface area (Å²) in [6.45, 7) is 5.74. The Bertz CT molecular complexity index is 663. The number of amides is 1. The average Bonchev–Trinajstić information content (AvgIpc) is 2.51. The van der Waals surface area contributed by atoms with Gasteiger partial charge in [0.05, 0.1) is 33.7 Å². The van der Waals surface area contributed by atoms with Crippen LogP contribution in [-0.4, -0.2) is 23.1 Å². The molecule has 0 aromatic heterocycles. The van der Waals surface area contributed by atoms with Gasteiger partial charge in [0.25, 0.3) is 0 Å². The first kappa shape index (κ1) is 19.9. The van der Waals surface area contributed by atoms with Crippen LogP contribution in [-0.2, 0) is 9.59 Å². The number of carbonyl (C=O) groups excluding carboxylic acids is 1. The third kappa shape index (κ3) is 5.02. The molecule has 25 heavy (non-hydrogen) atoms. The summed E-state index contributed by atoms with van der Waals surface area (Å²) < 4.78 is 5.61. The second-order valence-electron chi connectivity index (χ2n) is 6.89. The fraction of sp³-hybridized carbons (Fsp3) is 0.556. The minimum Gasteiger partial charge on any atom is -0.489 e. The molecule has 0 heterocycles. The summed E-state index contributed by atoms with van der Waals surface area (Å²) in [4.78, 5) is 24.2. The maximum Gasteiger partial charge on any atom is 0.307 e. The van der Waals surface area contributed by atoms with E-state index in [1.165, 1.54) is 6.07 Å². The molecule has 1 amide bonds. The molecule has 1 aromatic carbocycles. The molecule has 1 aliphatic rings. The van der Waals surface area contributed by atoms with E-state index in [1.807, 2.05) is 20.8 Å². The molecule has 2 rings (SSSR count). The van der Waals surface area contributed by atoms with Crippen LogP contribution in [0.15, 0.2) is 12.1 Å². The number of carboxylic acid groups (broad SMARTS) is 1. The molecule has 0 spiro atoms. The van der Waals surface area contributed by atoms with Crippen molar-refractivity contribution in [3.8, 4) is 5.75 Å². The summed E-state index contributed by atoms with van der Waals surface area (Å²) in [6, 6.07) is 3.08. The fourth-order valence-electron chi connectivity index (χ4n) is 3.16. The first-order valence-corrected chi connectivity index (χ1v) is 9.14. The van der Waals surface area contributed by atoms with E-state index in [0.29, 0.717) is 35.2 Å². The largest absolute Gasteiger partial charge is 0.489 e. The third-order valence-corrected chi connectivity index (χ3v) is 5.02. The van der Waals surface area contributed by atoms with Gasteiger partial charge in [0.1, 0.15) is 5.75 Å². The van der Waals surface area contributed by atoms with Crippen molar-refractivity contribution < 1.29 is 19.4 Å². The topological polar surface area (TPSA) is 75.6 Å². The standard InChI is InChI=1S/C18H23Cl2NO4/c1-9(2)25-16-8-15(13(19)7-14(16)20)21-17(22)11-5-4-10(3)6-12(11)18(23)24/h7-12H,4-6H2,1-3H3,(H,21,22)(H,23,24). The highest BCUT2D eigenvalue weighted by Gasteiger charge is 2.38. The lowest BCUT2D eigenvalue weighted by atomic mass is 9.74. The van der Waals surface area contributed by atoms with Gasteiger partial charge in [-0.3, -0.25) is 9.59 Å². The average molecular weight is 388 g/mol. The SMILES string of the molecule is CC1CCC(C(=O)Nc2cc(OC(C)C)c(Cl)cc2Cl)C(C(=O)O)C1. The highest BCUT2D eigenvalue weighted by Crippen LogP contribution is 2.38. The third-order valence-electron chi connectivity index (χ3n) is 4.41.